The minimum atomic E-state index is -0.360. The molecule has 4 aromatic rings. The number of carbonyl (C=O) groups is 2. The van der Waals surface area contributed by atoms with Crippen LogP contribution in [0.1, 0.15) is 21.5 Å². The Labute approximate surface area is 190 Å². The van der Waals surface area contributed by atoms with Crippen LogP contribution in [0, 0.1) is 5.82 Å². The number of para-hydroxylation sites is 1. The van der Waals surface area contributed by atoms with Crippen molar-refractivity contribution in [2.75, 3.05) is 7.05 Å². The van der Waals surface area contributed by atoms with E-state index in [1.54, 1.807) is 48.5 Å². The Morgan fingerprint density at radius 2 is 1.94 bits per heavy atom. The van der Waals surface area contributed by atoms with Crippen molar-refractivity contribution in [1.29, 1.82) is 0 Å². The zero-order valence-corrected chi connectivity index (χ0v) is 18.1. The molecule has 4 rings (SSSR count). The lowest BCUT2D eigenvalue weighted by molar-refractivity contribution is -0.116. The monoisotopic (exact) mass is 442 g/mol. The van der Waals surface area contributed by atoms with Crippen LogP contribution in [0.3, 0.4) is 0 Å². The molecule has 0 radical (unpaired) electrons. The molecule has 0 fully saturated rings. The van der Waals surface area contributed by atoms with E-state index in [0.29, 0.717) is 23.2 Å². The smallest absolute Gasteiger partial charge is 0.253 e. The topological polar surface area (TPSA) is 78.1 Å². The number of aromatic nitrogens is 2. The Bertz CT molecular complexity index is 1350. The molecule has 3 aromatic carbocycles. The fourth-order valence-electron chi connectivity index (χ4n) is 3.77. The van der Waals surface area contributed by atoms with Gasteiger partial charge in [0.25, 0.3) is 5.91 Å². The van der Waals surface area contributed by atoms with E-state index in [-0.39, 0.29) is 24.2 Å². The average molecular weight is 442 g/mol. The van der Waals surface area contributed by atoms with Crippen LogP contribution in [0.4, 0.5) is 4.39 Å². The number of nitrogens with one attached hydrogen (secondary N) is 2. The maximum absolute atomic E-state index is 13.8. The fraction of sp³-hybridized carbons (Fsp3) is 0.115. The number of hydrogen-bond donors (Lipinski definition) is 2. The second-order valence-corrected chi connectivity index (χ2v) is 7.72. The zero-order valence-electron chi connectivity index (χ0n) is 18.1. The van der Waals surface area contributed by atoms with Crippen LogP contribution < -0.4 is 5.32 Å². The van der Waals surface area contributed by atoms with Gasteiger partial charge in [0.2, 0.25) is 5.91 Å². The van der Waals surface area contributed by atoms with Gasteiger partial charge in [0.15, 0.2) is 0 Å². The maximum Gasteiger partial charge on any atom is 0.253 e. The lowest BCUT2D eigenvalue weighted by Crippen LogP contribution is -2.27. The Morgan fingerprint density at radius 3 is 2.73 bits per heavy atom. The van der Waals surface area contributed by atoms with Gasteiger partial charge in [-0.15, -0.1) is 0 Å². The van der Waals surface area contributed by atoms with Crippen LogP contribution in [0.15, 0.2) is 79.5 Å². The van der Waals surface area contributed by atoms with Crippen molar-refractivity contribution >= 4 is 22.7 Å². The molecule has 6 nitrogen and oxygen atoms in total. The van der Waals surface area contributed by atoms with Gasteiger partial charge in [-0.3, -0.25) is 14.7 Å². The fourth-order valence-corrected chi connectivity index (χ4v) is 3.77. The molecule has 0 aliphatic heterocycles. The second-order valence-electron chi connectivity index (χ2n) is 7.72. The summed E-state index contributed by atoms with van der Waals surface area (Å²) in [5, 5.41) is 10.8. The highest BCUT2D eigenvalue weighted by atomic mass is 19.1. The first-order valence-electron chi connectivity index (χ1n) is 10.4. The Balaban J connectivity index is 1.63. The summed E-state index contributed by atoms with van der Waals surface area (Å²) in [6.07, 6.45) is 2.93. The van der Waals surface area contributed by atoms with Gasteiger partial charge in [-0.2, -0.15) is 5.10 Å². The van der Waals surface area contributed by atoms with Gasteiger partial charge in [-0.1, -0.05) is 43.0 Å². The third-order valence-corrected chi connectivity index (χ3v) is 5.44. The number of H-pyrrole nitrogens is 1. The van der Waals surface area contributed by atoms with E-state index in [0.717, 1.165) is 22.0 Å². The summed E-state index contributed by atoms with van der Waals surface area (Å²) in [5.74, 6) is -0.864. The first-order valence-corrected chi connectivity index (χ1v) is 10.4. The highest BCUT2D eigenvalue weighted by molar-refractivity contribution is 5.95. The highest BCUT2D eigenvalue weighted by Crippen LogP contribution is 2.26. The summed E-state index contributed by atoms with van der Waals surface area (Å²) >= 11 is 0. The van der Waals surface area contributed by atoms with Crippen molar-refractivity contribution in [3.8, 4) is 11.1 Å². The normalized spacial score (nSPS) is 10.7. The number of amides is 2. The Hall–Kier alpha value is -4.26. The van der Waals surface area contributed by atoms with Crippen molar-refractivity contribution in [3.05, 3.63) is 102 Å². The minimum Gasteiger partial charge on any atom is -0.348 e. The molecule has 0 spiro atoms. The van der Waals surface area contributed by atoms with Crippen LogP contribution in [-0.2, 0) is 17.9 Å². The summed E-state index contributed by atoms with van der Waals surface area (Å²) in [4.78, 5) is 26.6. The van der Waals surface area contributed by atoms with Crippen LogP contribution in [0.25, 0.3) is 22.0 Å². The molecule has 0 bridgehead atoms. The summed E-state index contributed by atoms with van der Waals surface area (Å²) in [6, 6.07) is 17.3. The van der Waals surface area contributed by atoms with Gasteiger partial charge in [0, 0.05) is 31.1 Å². The number of benzene rings is 3. The van der Waals surface area contributed by atoms with Crippen molar-refractivity contribution in [3.63, 3.8) is 0 Å². The standard InChI is InChI=1S/C26H23FN4O2/c1-3-24(32)28-14-21-12-18(10-11-23(21)17-6-5-9-22(27)13-17)26(33)31(2)16-20-8-4-7-19-15-29-30-25(19)20/h3-13,15H,1,14,16H2,2H3,(H,28,32)(H,29,30). The maximum atomic E-state index is 13.8. The highest BCUT2D eigenvalue weighted by Gasteiger charge is 2.17. The van der Waals surface area contributed by atoms with E-state index in [1.807, 2.05) is 18.2 Å². The predicted molar refractivity (Wildman–Crippen MR) is 126 cm³/mol. The second kappa shape index (κ2) is 9.48. The Kier molecular flexibility index (Phi) is 6.31. The van der Waals surface area contributed by atoms with Gasteiger partial charge in [0.05, 0.1) is 11.7 Å². The van der Waals surface area contributed by atoms with Gasteiger partial charge >= 0.3 is 0 Å². The van der Waals surface area contributed by atoms with Crippen molar-refractivity contribution < 1.29 is 14.0 Å². The zero-order chi connectivity index (χ0) is 23.4. The van der Waals surface area contributed by atoms with E-state index in [1.165, 1.54) is 18.2 Å². The van der Waals surface area contributed by atoms with E-state index in [4.69, 9.17) is 0 Å². The lowest BCUT2D eigenvalue weighted by atomic mass is 9.96. The van der Waals surface area contributed by atoms with Gasteiger partial charge < -0.3 is 10.2 Å². The van der Waals surface area contributed by atoms with Gasteiger partial charge in [0.1, 0.15) is 5.82 Å². The molecule has 7 heteroatoms. The average Bonchev–Trinajstić information content (AvgIpc) is 3.32. The molecule has 2 N–H and O–H groups in total. The molecule has 33 heavy (non-hydrogen) atoms. The minimum absolute atomic E-state index is 0.173. The quantitative estimate of drug-likeness (QED) is 0.415. The largest absolute Gasteiger partial charge is 0.348 e. The molecule has 0 atom stereocenters. The number of fused-ring (bicyclic) bond motifs is 1. The molecule has 0 aliphatic rings. The number of hydrogen-bond acceptors (Lipinski definition) is 3. The van der Waals surface area contributed by atoms with E-state index < -0.39 is 0 Å². The first-order chi connectivity index (χ1) is 16.0. The lowest BCUT2D eigenvalue weighted by Gasteiger charge is -2.19. The Morgan fingerprint density at radius 1 is 1.12 bits per heavy atom. The molecular formula is C26H23FN4O2. The van der Waals surface area contributed by atoms with E-state index >= 15 is 0 Å². The van der Waals surface area contributed by atoms with E-state index in [9.17, 15) is 14.0 Å². The number of carbonyl (C=O) groups excluding carboxylic acids is 2. The van der Waals surface area contributed by atoms with Crippen LogP contribution >= 0.6 is 0 Å². The van der Waals surface area contributed by atoms with Crippen molar-refractivity contribution in [2.45, 2.75) is 13.1 Å². The first kappa shape index (κ1) is 22.0. The number of halogens is 1. The molecule has 0 saturated heterocycles. The van der Waals surface area contributed by atoms with Gasteiger partial charge in [-0.05, 0) is 52.6 Å². The summed E-state index contributed by atoms with van der Waals surface area (Å²) < 4.78 is 13.8. The SMILES string of the molecule is C=CC(=O)NCc1cc(C(=O)N(C)Cc2cccc3cn[nH]c23)ccc1-c1cccc(F)c1. The number of rotatable bonds is 7. The molecular weight excluding hydrogens is 419 g/mol. The van der Waals surface area contributed by atoms with E-state index in [2.05, 4.69) is 22.1 Å². The van der Waals surface area contributed by atoms with Crippen LogP contribution in [0.5, 0.6) is 0 Å². The molecule has 0 aliphatic carbocycles. The molecule has 0 unspecified atom stereocenters. The van der Waals surface area contributed by atoms with Gasteiger partial charge in [-0.25, -0.2) is 4.39 Å². The summed E-state index contributed by atoms with van der Waals surface area (Å²) in [7, 11) is 1.73. The molecule has 1 aromatic heterocycles. The third kappa shape index (κ3) is 4.82. The summed E-state index contributed by atoms with van der Waals surface area (Å²) in [5.41, 5.74) is 4.42. The third-order valence-electron chi connectivity index (χ3n) is 5.44. The van der Waals surface area contributed by atoms with Crippen LogP contribution in [-0.4, -0.2) is 34.0 Å². The molecule has 0 saturated carbocycles. The molecule has 166 valence electrons. The van der Waals surface area contributed by atoms with Crippen molar-refractivity contribution in [2.24, 2.45) is 0 Å². The van der Waals surface area contributed by atoms with Crippen molar-refractivity contribution in [1.82, 2.24) is 20.4 Å². The summed E-state index contributed by atoms with van der Waals surface area (Å²) in [6.45, 7) is 4.03. The number of nitrogens with zero attached hydrogens (tertiary/aromatic N) is 2. The molecule has 2 amide bonds. The van der Waals surface area contributed by atoms with Crippen LogP contribution in [0.2, 0.25) is 0 Å². The predicted octanol–water partition coefficient (Wildman–Crippen LogP) is 4.44. The number of aromatic amines is 1. The molecule has 1 heterocycles.